The molecule has 0 bridgehead atoms. The summed E-state index contributed by atoms with van der Waals surface area (Å²) in [6, 6.07) is 0. The fraction of sp³-hybridized carbons (Fsp3) is 1.00. The Morgan fingerprint density at radius 3 is 2.21 bits per heavy atom. The fourth-order valence-electron chi connectivity index (χ4n) is 2.87. The summed E-state index contributed by atoms with van der Waals surface area (Å²) in [4.78, 5) is 2.66. The first kappa shape index (κ1) is 10.4. The van der Waals surface area contributed by atoms with E-state index in [1.165, 1.54) is 45.2 Å². The lowest BCUT2D eigenvalue weighted by molar-refractivity contribution is 0.0314. The highest BCUT2D eigenvalue weighted by Gasteiger charge is 2.54. The van der Waals surface area contributed by atoms with Crippen molar-refractivity contribution in [3.8, 4) is 0 Å². The Hall–Kier alpha value is -0.0800. The van der Waals surface area contributed by atoms with Gasteiger partial charge < -0.3 is 5.73 Å². The number of rotatable bonds is 3. The molecular formula is C12H24N2. The van der Waals surface area contributed by atoms with Gasteiger partial charge in [-0.2, -0.15) is 0 Å². The summed E-state index contributed by atoms with van der Waals surface area (Å²) in [5.41, 5.74) is 6.81. The molecular weight excluding hydrogens is 172 g/mol. The molecule has 2 nitrogen and oxygen atoms in total. The Kier molecular flexibility index (Phi) is 2.61. The van der Waals surface area contributed by atoms with Gasteiger partial charge in [0.05, 0.1) is 0 Å². The van der Waals surface area contributed by atoms with Gasteiger partial charge in [-0.3, -0.25) is 4.90 Å². The summed E-state index contributed by atoms with van der Waals surface area (Å²) in [7, 11) is 0. The molecule has 82 valence electrons. The highest BCUT2D eigenvalue weighted by atomic mass is 15.2. The van der Waals surface area contributed by atoms with Crippen LogP contribution in [0.15, 0.2) is 0 Å². The maximum Gasteiger partial charge on any atom is 0.0357 e. The number of hydrogen-bond donors (Lipinski definition) is 1. The lowest BCUT2D eigenvalue weighted by Crippen LogP contribution is -2.58. The van der Waals surface area contributed by atoms with Crippen LogP contribution >= 0.6 is 0 Å². The van der Waals surface area contributed by atoms with Crippen molar-refractivity contribution in [2.24, 2.45) is 11.1 Å². The predicted molar refractivity (Wildman–Crippen MR) is 60.2 cm³/mol. The molecule has 1 aliphatic carbocycles. The Morgan fingerprint density at radius 1 is 1.21 bits per heavy atom. The molecule has 0 spiro atoms. The second-order valence-corrected chi connectivity index (χ2v) is 5.59. The lowest BCUT2D eigenvalue weighted by atomic mass is 9.81. The maximum atomic E-state index is 6.02. The van der Waals surface area contributed by atoms with Crippen LogP contribution < -0.4 is 5.73 Å². The summed E-state index contributed by atoms with van der Waals surface area (Å²) in [6.45, 7) is 8.15. The molecule has 1 heterocycles. The third-order valence-corrected chi connectivity index (χ3v) is 4.75. The molecule has 2 N–H and O–H groups in total. The minimum Gasteiger partial charge on any atom is -0.329 e. The van der Waals surface area contributed by atoms with E-state index in [1.807, 2.05) is 0 Å². The first-order valence-electron chi connectivity index (χ1n) is 6.07. The van der Waals surface area contributed by atoms with Gasteiger partial charge in [0.1, 0.15) is 0 Å². The Balaban J connectivity index is 2.10. The molecule has 1 unspecified atom stereocenters. The zero-order valence-corrected chi connectivity index (χ0v) is 9.68. The molecule has 1 saturated carbocycles. The van der Waals surface area contributed by atoms with Gasteiger partial charge in [0, 0.05) is 12.1 Å². The van der Waals surface area contributed by atoms with E-state index < -0.39 is 0 Å². The van der Waals surface area contributed by atoms with Crippen LogP contribution in [0.2, 0.25) is 0 Å². The van der Waals surface area contributed by atoms with Gasteiger partial charge in [0.2, 0.25) is 0 Å². The summed E-state index contributed by atoms with van der Waals surface area (Å²) in [6.07, 6.45) is 6.89. The van der Waals surface area contributed by atoms with Crippen LogP contribution in [0.25, 0.3) is 0 Å². The summed E-state index contributed by atoms with van der Waals surface area (Å²) in [5.74, 6) is 0. The molecule has 1 aliphatic heterocycles. The van der Waals surface area contributed by atoms with Crippen molar-refractivity contribution in [2.45, 2.75) is 51.5 Å². The normalized spacial score (nSPS) is 31.1. The van der Waals surface area contributed by atoms with Crippen molar-refractivity contribution in [1.29, 1.82) is 0 Å². The van der Waals surface area contributed by atoms with Crippen LogP contribution in [-0.2, 0) is 0 Å². The topological polar surface area (TPSA) is 29.3 Å². The molecule has 1 saturated heterocycles. The van der Waals surface area contributed by atoms with Crippen molar-refractivity contribution in [1.82, 2.24) is 4.90 Å². The van der Waals surface area contributed by atoms with E-state index in [2.05, 4.69) is 18.7 Å². The number of nitrogens with zero attached hydrogens (tertiary/aromatic N) is 1. The van der Waals surface area contributed by atoms with E-state index in [-0.39, 0.29) is 5.54 Å². The van der Waals surface area contributed by atoms with E-state index in [4.69, 9.17) is 5.73 Å². The number of piperidine rings is 1. The van der Waals surface area contributed by atoms with E-state index in [0.29, 0.717) is 5.41 Å². The van der Waals surface area contributed by atoms with Crippen molar-refractivity contribution in [3.63, 3.8) is 0 Å². The third kappa shape index (κ3) is 1.49. The van der Waals surface area contributed by atoms with Crippen molar-refractivity contribution in [2.75, 3.05) is 19.6 Å². The van der Waals surface area contributed by atoms with Gasteiger partial charge in [0.25, 0.3) is 0 Å². The van der Waals surface area contributed by atoms with Gasteiger partial charge in [-0.1, -0.05) is 13.3 Å². The minimum absolute atomic E-state index is 0.271. The zero-order valence-electron chi connectivity index (χ0n) is 9.68. The van der Waals surface area contributed by atoms with Gasteiger partial charge in [-0.15, -0.1) is 0 Å². The standard InChI is InChI=1S/C12H24N2/c1-11(6-7-11)12(2,10-13)14-8-4-3-5-9-14/h3-10,13H2,1-2H3. The summed E-state index contributed by atoms with van der Waals surface area (Å²) >= 11 is 0. The molecule has 0 aromatic carbocycles. The highest BCUT2D eigenvalue weighted by molar-refractivity contribution is 5.09. The highest BCUT2D eigenvalue weighted by Crippen LogP contribution is 2.55. The average Bonchev–Trinajstić information content (AvgIpc) is 2.98. The van der Waals surface area contributed by atoms with Crippen molar-refractivity contribution in [3.05, 3.63) is 0 Å². The van der Waals surface area contributed by atoms with Crippen molar-refractivity contribution >= 4 is 0 Å². The van der Waals surface area contributed by atoms with Gasteiger partial charge in [-0.05, 0) is 51.1 Å². The monoisotopic (exact) mass is 196 g/mol. The molecule has 0 amide bonds. The number of nitrogens with two attached hydrogens (primary N) is 1. The first-order chi connectivity index (χ1) is 6.62. The summed E-state index contributed by atoms with van der Waals surface area (Å²) in [5, 5.41) is 0. The molecule has 1 atom stereocenters. The van der Waals surface area contributed by atoms with Gasteiger partial charge in [-0.25, -0.2) is 0 Å². The zero-order chi connectivity index (χ0) is 10.2. The molecule has 0 radical (unpaired) electrons. The van der Waals surface area contributed by atoms with Gasteiger partial charge >= 0.3 is 0 Å². The molecule has 0 aromatic rings. The second-order valence-electron chi connectivity index (χ2n) is 5.59. The SMILES string of the molecule is CC1(C(C)(CN)N2CCCCC2)CC1. The lowest BCUT2D eigenvalue weighted by Gasteiger charge is -2.47. The predicted octanol–water partition coefficient (Wildman–Crippen LogP) is 1.99. The van der Waals surface area contributed by atoms with Crippen LogP contribution in [0, 0.1) is 5.41 Å². The molecule has 0 aromatic heterocycles. The van der Waals surface area contributed by atoms with Crippen LogP contribution in [0.4, 0.5) is 0 Å². The molecule has 14 heavy (non-hydrogen) atoms. The molecule has 2 heteroatoms. The van der Waals surface area contributed by atoms with Crippen LogP contribution in [0.5, 0.6) is 0 Å². The third-order valence-electron chi connectivity index (χ3n) is 4.75. The molecule has 2 aliphatic rings. The van der Waals surface area contributed by atoms with Gasteiger partial charge in [0.15, 0.2) is 0 Å². The van der Waals surface area contributed by atoms with E-state index in [9.17, 15) is 0 Å². The van der Waals surface area contributed by atoms with Crippen LogP contribution in [0.1, 0.15) is 46.0 Å². The number of likely N-dealkylation sites (tertiary alicyclic amines) is 1. The second kappa shape index (κ2) is 3.49. The fourth-order valence-corrected chi connectivity index (χ4v) is 2.87. The quantitative estimate of drug-likeness (QED) is 0.748. The number of hydrogen-bond acceptors (Lipinski definition) is 2. The van der Waals surface area contributed by atoms with Crippen LogP contribution in [-0.4, -0.2) is 30.1 Å². The molecule has 2 rings (SSSR count). The average molecular weight is 196 g/mol. The van der Waals surface area contributed by atoms with E-state index in [1.54, 1.807) is 0 Å². The Labute approximate surface area is 87.8 Å². The smallest absolute Gasteiger partial charge is 0.0357 e. The summed E-state index contributed by atoms with van der Waals surface area (Å²) < 4.78 is 0. The Morgan fingerprint density at radius 2 is 1.79 bits per heavy atom. The molecule has 2 fully saturated rings. The van der Waals surface area contributed by atoms with E-state index in [0.717, 1.165) is 6.54 Å². The van der Waals surface area contributed by atoms with Crippen molar-refractivity contribution < 1.29 is 0 Å². The largest absolute Gasteiger partial charge is 0.329 e. The van der Waals surface area contributed by atoms with Crippen LogP contribution in [0.3, 0.4) is 0 Å². The Bertz CT molecular complexity index is 204. The van der Waals surface area contributed by atoms with E-state index >= 15 is 0 Å². The maximum absolute atomic E-state index is 6.02. The minimum atomic E-state index is 0.271. The first-order valence-corrected chi connectivity index (χ1v) is 6.07.